The number of hydrogen-bond acceptors (Lipinski definition) is 4. The summed E-state index contributed by atoms with van der Waals surface area (Å²) < 4.78 is 19.1. The van der Waals surface area contributed by atoms with E-state index in [2.05, 4.69) is 5.32 Å². The number of thioether (sulfide) groups is 1. The third-order valence-corrected chi connectivity index (χ3v) is 5.33. The molecule has 2 heterocycles. The summed E-state index contributed by atoms with van der Waals surface area (Å²) in [7, 11) is 0. The zero-order valence-corrected chi connectivity index (χ0v) is 12.5. The summed E-state index contributed by atoms with van der Waals surface area (Å²) in [6.07, 6.45) is 1.84. The van der Waals surface area contributed by atoms with Gasteiger partial charge in [-0.25, -0.2) is 4.39 Å². The number of benzene rings is 1. The van der Waals surface area contributed by atoms with E-state index in [-0.39, 0.29) is 17.8 Å². The van der Waals surface area contributed by atoms with Gasteiger partial charge in [0, 0.05) is 23.9 Å². The van der Waals surface area contributed by atoms with E-state index in [0.29, 0.717) is 31.0 Å². The summed E-state index contributed by atoms with van der Waals surface area (Å²) in [5.74, 6) is 0.419. The number of rotatable bonds is 2. The van der Waals surface area contributed by atoms with Gasteiger partial charge in [-0.3, -0.25) is 4.79 Å². The van der Waals surface area contributed by atoms with Crippen LogP contribution in [-0.4, -0.2) is 30.4 Å². The summed E-state index contributed by atoms with van der Waals surface area (Å²) in [6.45, 7) is 1.02. The fourth-order valence-electron chi connectivity index (χ4n) is 2.80. The van der Waals surface area contributed by atoms with Gasteiger partial charge >= 0.3 is 0 Å². The second-order valence-corrected chi connectivity index (χ2v) is 6.70. The van der Waals surface area contributed by atoms with Gasteiger partial charge in [0.25, 0.3) is 0 Å². The normalized spacial score (nSPS) is 24.2. The fourth-order valence-corrected chi connectivity index (χ4v) is 3.94. The molecule has 1 fully saturated rings. The van der Waals surface area contributed by atoms with Crippen LogP contribution in [0.15, 0.2) is 23.1 Å². The smallest absolute Gasteiger partial charge is 0.240 e. The second kappa shape index (κ2) is 5.94. The SMILES string of the molecule is NC1(C(=O)NC2CCSc3c(F)cccc32)CCOCC1. The third kappa shape index (κ3) is 2.93. The highest BCUT2D eigenvalue weighted by Crippen LogP contribution is 2.38. The van der Waals surface area contributed by atoms with Crippen molar-refractivity contribution in [3.8, 4) is 0 Å². The summed E-state index contributed by atoms with van der Waals surface area (Å²) in [5, 5.41) is 3.01. The number of nitrogens with one attached hydrogen (secondary N) is 1. The Balaban J connectivity index is 1.77. The molecule has 3 N–H and O–H groups in total. The topological polar surface area (TPSA) is 64.4 Å². The van der Waals surface area contributed by atoms with E-state index in [0.717, 1.165) is 17.7 Å². The summed E-state index contributed by atoms with van der Waals surface area (Å²) in [5.41, 5.74) is 6.19. The quantitative estimate of drug-likeness (QED) is 0.877. The van der Waals surface area contributed by atoms with E-state index in [1.807, 2.05) is 6.07 Å². The molecule has 0 aliphatic carbocycles. The van der Waals surface area contributed by atoms with Crippen LogP contribution in [0.1, 0.15) is 30.9 Å². The van der Waals surface area contributed by atoms with Crippen LogP contribution in [0, 0.1) is 5.82 Å². The maximum Gasteiger partial charge on any atom is 0.240 e. The van der Waals surface area contributed by atoms with E-state index < -0.39 is 5.54 Å². The number of ether oxygens (including phenoxy) is 1. The van der Waals surface area contributed by atoms with Crippen LogP contribution in [0.5, 0.6) is 0 Å². The Morgan fingerprint density at radius 3 is 2.95 bits per heavy atom. The second-order valence-electron chi connectivity index (χ2n) is 5.59. The lowest BCUT2D eigenvalue weighted by atomic mass is 9.89. The first-order valence-corrected chi connectivity index (χ1v) is 8.17. The van der Waals surface area contributed by atoms with Crippen molar-refractivity contribution in [1.82, 2.24) is 5.32 Å². The third-order valence-electron chi connectivity index (χ3n) is 4.17. The van der Waals surface area contributed by atoms with Gasteiger partial charge in [-0.05, 0) is 30.9 Å². The molecule has 1 unspecified atom stereocenters. The van der Waals surface area contributed by atoms with Crippen molar-refractivity contribution in [2.75, 3.05) is 19.0 Å². The van der Waals surface area contributed by atoms with Gasteiger partial charge in [-0.2, -0.15) is 0 Å². The number of amides is 1. The summed E-state index contributed by atoms with van der Waals surface area (Å²) in [6, 6.07) is 4.86. The number of carbonyl (C=O) groups is 1. The number of halogens is 1. The first-order valence-electron chi connectivity index (χ1n) is 7.19. The zero-order chi connectivity index (χ0) is 14.9. The number of fused-ring (bicyclic) bond motifs is 1. The molecule has 1 aromatic carbocycles. The lowest BCUT2D eigenvalue weighted by molar-refractivity contribution is -0.130. The molecule has 1 aromatic rings. The molecule has 0 radical (unpaired) electrons. The van der Waals surface area contributed by atoms with Gasteiger partial charge in [0.2, 0.25) is 5.91 Å². The summed E-state index contributed by atoms with van der Waals surface area (Å²) >= 11 is 1.50. The van der Waals surface area contributed by atoms with Crippen molar-refractivity contribution in [3.63, 3.8) is 0 Å². The highest BCUT2D eigenvalue weighted by Gasteiger charge is 2.37. The molecule has 6 heteroatoms. The molecular weight excluding hydrogens is 291 g/mol. The van der Waals surface area contributed by atoms with Crippen molar-refractivity contribution >= 4 is 17.7 Å². The van der Waals surface area contributed by atoms with Crippen molar-refractivity contribution in [2.45, 2.75) is 35.7 Å². The maximum atomic E-state index is 13.8. The van der Waals surface area contributed by atoms with Crippen LogP contribution in [-0.2, 0) is 9.53 Å². The molecule has 2 aliphatic rings. The Morgan fingerprint density at radius 1 is 1.43 bits per heavy atom. The molecule has 2 aliphatic heterocycles. The number of hydrogen-bond donors (Lipinski definition) is 2. The van der Waals surface area contributed by atoms with Gasteiger partial charge in [0.15, 0.2) is 0 Å². The maximum absolute atomic E-state index is 13.8. The average molecular weight is 310 g/mol. The van der Waals surface area contributed by atoms with Crippen LogP contribution in [0.2, 0.25) is 0 Å². The van der Waals surface area contributed by atoms with Gasteiger partial charge in [0.1, 0.15) is 5.82 Å². The van der Waals surface area contributed by atoms with Crippen molar-refractivity contribution in [2.24, 2.45) is 5.73 Å². The monoisotopic (exact) mass is 310 g/mol. The van der Waals surface area contributed by atoms with E-state index in [1.54, 1.807) is 6.07 Å². The minimum absolute atomic E-state index is 0.155. The molecule has 0 saturated carbocycles. The minimum atomic E-state index is -0.865. The van der Waals surface area contributed by atoms with Crippen molar-refractivity contribution in [3.05, 3.63) is 29.6 Å². The highest BCUT2D eigenvalue weighted by atomic mass is 32.2. The van der Waals surface area contributed by atoms with Crippen LogP contribution in [0.3, 0.4) is 0 Å². The minimum Gasteiger partial charge on any atom is -0.381 e. The number of nitrogens with two attached hydrogens (primary N) is 1. The molecule has 1 saturated heterocycles. The molecule has 4 nitrogen and oxygen atoms in total. The molecular formula is C15H19FN2O2S. The Labute approximate surface area is 127 Å². The Bertz CT molecular complexity index is 546. The molecule has 1 atom stereocenters. The Hall–Kier alpha value is -1.11. The molecule has 0 spiro atoms. The van der Waals surface area contributed by atoms with Crippen LogP contribution in [0.25, 0.3) is 0 Å². The first-order chi connectivity index (χ1) is 10.1. The van der Waals surface area contributed by atoms with Crippen LogP contribution >= 0.6 is 11.8 Å². The van der Waals surface area contributed by atoms with E-state index >= 15 is 0 Å². The van der Waals surface area contributed by atoms with Gasteiger partial charge < -0.3 is 15.8 Å². The van der Waals surface area contributed by atoms with Crippen molar-refractivity contribution in [1.29, 1.82) is 0 Å². The van der Waals surface area contributed by atoms with Gasteiger partial charge in [0.05, 0.1) is 11.6 Å². The Morgan fingerprint density at radius 2 is 2.19 bits per heavy atom. The van der Waals surface area contributed by atoms with Crippen LogP contribution < -0.4 is 11.1 Å². The predicted octanol–water partition coefficient (Wildman–Crippen LogP) is 1.99. The summed E-state index contributed by atoms with van der Waals surface area (Å²) in [4.78, 5) is 13.1. The zero-order valence-electron chi connectivity index (χ0n) is 11.7. The molecule has 0 bridgehead atoms. The number of carbonyl (C=O) groups excluding carboxylic acids is 1. The van der Waals surface area contributed by atoms with E-state index in [1.165, 1.54) is 17.8 Å². The lowest BCUT2D eigenvalue weighted by Crippen LogP contribution is -2.57. The van der Waals surface area contributed by atoms with Gasteiger partial charge in [-0.15, -0.1) is 11.8 Å². The van der Waals surface area contributed by atoms with E-state index in [9.17, 15) is 9.18 Å². The molecule has 1 amide bonds. The molecule has 3 rings (SSSR count). The van der Waals surface area contributed by atoms with Gasteiger partial charge in [-0.1, -0.05) is 12.1 Å². The molecule has 21 heavy (non-hydrogen) atoms. The average Bonchev–Trinajstić information content (AvgIpc) is 2.49. The largest absolute Gasteiger partial charge is 0.381 e. The predicted molar refractivity (Wildman–Crippen MR) is 79.6 cm³/mol. The molecule has 114 valence electrons. The highest BCUT2D eigenvalue weighted by molar-refractivity contribution is 7.99. The van der Waals surface area contributed by atoms with E-state index in [4.69, 9.17) is 10.5 Å². The Kier molecular flexibility index (Phi) is 4.19. The first kappa shape index (κ1) is 14.8. The lowest BCUT2D eigenvalue weighted by Gasteiger charge is -2.34. The van der Waals surface area contributed by atoms with Crippen LogP contribution in [0.4, 0.5) is 4.39 Å². The molecule has 0 aromatic heterocycles. The fraction of sp³-hybridized carbons (Fsp3) is 0.533. The standard InChI is InChI=1S/C15H19FN2O2S/c16-11-3-1-2-10-12(4-9-21-13(10)11)18-14(19)15(17)5-7-20-8-6-15/h1-3,12H,4-9,17H2,(H,18,19). The van der Waals surface area contributed by atoms with Crippen molar-refractivity contribution < 1.29 is 13.9 Å².